The summed E-state index contributed by atoms with van der Waals surface area (Å²) in [6.07, 6.45) is 6.94. The summed E-state index contributed by atoms with van der Waals surface area (Å²) in [5.74, 6) is 2.04. The number of Topliss-reactive ketones (excluding diaryl/α,β-unsaturated/α-hetero) is 1. The Kier molecular flexibility index (Phi) is 3.83. The monoisotopic (exact) mass is 347 g/mol. The molecule has 2 N–H and O–H groups in total. The SMILES string of the molecule is NC(=O)c1ccc(Cl)cc1OCC(=O)C12CC3CC(CC(C3)C1)C2. The van der Waals surface area contributed by atoms with Crippen LogP contribution in [0.5, 0.6) is 5.75 Å². The Hall–Kier alpha value is -1.55. The van der Waals surface area contributed by atoms with Gasteiger partial charge in [-0.1, -0.05) is 11.6 Å². The molecule has 4 aliphatic carbocycles. The van der Waals surface area contributed by atoms with E-state index in [1.165, 1.54) is 25.3 Å². The molecule has 5 rings (SSSR count). The van der Waals surface area contributed by atoms with Crippen molar-refractivity contribution in [1.29, 1.82) is 0 Å². The van der Waals surface area contributed by atoms with Crippen LogP contribution in [-0.2, 0) is 4.79 Å². The van der Waals surface area contributed by atoms with Crippen molar-refractivity contribution in [3.63, 3.8) is 0 Å². The highest BCUT2D eigenvalue weighted by molar-refractivity contribution is 6.30. The highest BCUT2D eigenvalue weighted by Gasteiger charge is 2.54. The summed E-state index contributed by atoms with van der Waals surface area (Å²) < 4.78 is 5.70. The fourth-order valence-corrected chi connectivity index (χ4v) is 5.73. The molecular formula is C19H22ClNO3. The van der Waals surface area contributed by atoms with Crippen molar-refractivity contribution in [1.82, 2.24) is 0 Å². The van der Waals surface area contributed by atoms with Crippen LogP contribution in [0.4, 0.5) is 0 Å². The van der Waals surface area contributed by atoms with E-state index in [4.69, 9.17) is 22.1 Å². The second kappa shape index (κ2) is 5.76. The third-order valence-corrected chi connectivity index (χ3v) is 6.43. The number of carbonyl (C=O) groups is 2. The Balaban J connectivity index is 1.50. The Bertz CT molecular complexity index is 665. The maximum atomic E-state index is 13.0. The number of ether oxygens (including phenoxy) is 1. The molecule has 1 amide bonds. The van der Waals surface area contributed by atoms with Gasteiger partial charge in [0.2, 0.25) is 0 Å². The third-order valence-electron chi connectivity index (χ3n) is 6.20. The predicted octanol–water partition coefficient (Wildman–Crippen LogP) is 3.60. The zero-order valence-corrected chi connectivity index (χ0v) is 14.3. The first-order chi connectivity index (χ1) is 11.4. The number of carbonyl (C=O) groups excluding carboxylic acids is 2. The van der Waals surface area contributed by atoms with Gasteiger partial charge in [0, 0.05) is 10.4 Å². The zero-order chi connectivity index (χ0) is 16.9. The van der Waals surface area contributed by atoms with Crippen molar-refractivity contribution >= 4 is 23.3 Å². The Morgan fingerprint density at radius 2 is 1.71 bits per heavy atom. The normalized spacial score (nSPS) is 33.5. The molecule has 0 aromatic heterocycles. The predicted molar refractivity (Wildman–Crippen MR) is 91.1 cm³/mol. The van der Waals surface area contributed by atoms with Crippen molar-refractivity contribution < 1.29 is 14.3 Å². The van der Waals surface area contributed by atoms with Crippen LogP contribution in [0.3, 0.4) is 0 Å². The van der Waals surface area contributed by atoms with Gasteiger partial charge in [-0.25, -0.2) is 0 Å². The minimum atomic E-state index is -0.580. The van der Waals surface area contributed by atoms with E-state index in [1.54, 1.807) is 12.1 Å². The lowest BCUT2D eigenvalue weighted by atomic mass is 9.48. The van der Waals surface area contributed by atoms with Crippen molar-refractivity contribution in [2.75, 3.05) is 6.61 Å². The quantitative estimate of drug-likeness (QED) is 0.884. The van der Waals surface area contributed by atoms with Crippen LogP contribution in [0.1, 0.15) is 48.9 Å². The van der Waals surface area contributed by atoms with E-state index in [9.17, 15) is 9.59 Å². The second-order valence-corrected chi connectivity index (χ2v) is 8.35. The lowest BCUT2D eigenvalue weighted by Gasteiger charge is -2.55. The largest absolute Gasteiger partial charge is 0.485 e. The van der Waals surface area contributed by atoms with E-state index < -0.39 is 5.91 Å². The van der Waals surface area contributed by atoms with Gasteiger partial charge in [0.15, 0.2) is 5.78 Å². The molecule has 128 valence electrons. The Morgan fingerprint density at radius 1 is 1.12 bits per heavy atom. The van der Waals surface area contributed by atoms with Gasteiger partial charge in [-0.05, 0) is 74.5 Å². The Morgan fingerprint density at radius 3 is 2.25 bits per heavy atom. The summed E-state index contributed by atoms with van der Waals surface area (Å²) in [6.45, 7) is -0.00716. The van der Waals surface area contributed by atoms with Crippen molar-refractivity contribution in [2.24, 2.45) is 28.9 Å². The van der Waals surface area contributed by atoms with Crippen LogP contribution < -0.4 is 10.5 Å². The first-order valence-electron chi connectivity index (χ1n) is 8.71. The van der Waals surface area contributed by atoms with Gasteiger partial charge in [-0.3, -0.25) is 9.59 Å². The molecule has 0 unspecified atom stereocenters. The second-order valence-electron chi connectivity index (χ2n) is 7.91. The van der Waals surface area contributed by atoms with Crippen molar-refractivity contribution in [3.8, 4) is 5.75 Å². The summed E-state index contributed by atoms with van der Waals surface area (Å²) in [5, 5.41) is 0.456. The van der Waals surface area contributed by atoms with Crippen molar-refractivity contribution in [3.05, 3.63) is 28.8 Å². The summed E-state index contributed by atoms with van der Waals surface area (Å²) in [7, 11) is 0. The molecule has 0 atom stereocenters. The first-order valence-corrected chi connectivity index (χ1v) is 9.08. The molecule has 4 aliphatic rings. The lowest BCUT2D eigenvalue weighted by Crippen LogP contribution is -2.51. The fourth-order valence-electron chi connectivity index (χ4n) is 5.57. The highest BCUT2D eigenvalue weighted by Crippen LogP contribution is 2.60. The van der Waals surface area contributed by atoms with Gasteiger partial charge < -0.3 is 10.5 Å². The number of hydrogen-bond donors (Lipinski definition) is 1. The van der Waals surface area contributed by atoms with Crippen LogP contribution in [0.25, 0.3) is 0 Å². The number of hydrogen-bond acceptors (Lipinski definition) is 3. The molecule has 5 heteroatoms. The van der Waals surface area contributed by atoms with Crippen molar-refractivity contribution in [2.45, 2.75) is 38.5 Å². The van der Waals surface area contributed by atoms with Crippen LogP contribution in [-0.4, -0.2) is 18.3 Å². The number of benzene rings is 1. The molecule has 0 spiro atoms. The molecule has 4 bridgehead atoms. The van der Waals surface area contributed by atoms with E-state index in [1.807, 2.05) is 0 Å². The van der Waals surface area contributed by atoms with Crippen LogP contribution in [0.15, 0.2) is 18.2 Å². The van der Waals surface area contributed by atoms with Gasteiger partial charge in [0.1, 0.15) is 12.4 Å². The molecule has 0 aliphatic heterocycles. The number of halogens is 1. The fraction of sp³-hybridized carbons (Fsp3) is 0.579. The average molecular weight is 348 g/mol. The minimum Gasteiger partial charge on any atom is -0.485 e. The molecule has 24 heavy (non-hydrogen) atoms. The van der Waals surface area contributed by atoms with Gasteiger partial charge >= 0.3 is 0 Å². The number of amides is 1. The molecule has 0 saturated heterocycles. The lowest BCUT2D eigenvalue weighted by molar-refractivity contribution is -0.146. The molecule has 1 aromatic carbocycles. The smallest absolute Gasteiger partial charge is 0.252 e. The standard InChI is InChI=1S/C19H22ClNO3/c20-14-1-2-15(18(21)23)16(6-14)24-10-17(22)19-7-11-3-12(8-19)5-13(4-11)9-19/h1-2,6,11-13H,3-5,7-10H2,(H2,21,23). The molecule has 4 saturated carbocycles. The van der Waals surface area contributed by atoms with E-state index >= 15 is 0 Å². The van der Waals surface area contributed by atoms with Gasteiger partial charge in [0.05, 0.1) is 5.56 Å². The maximum absolute atomic E-state index is 13.0. The van der Waals surface area contributed by atoms with Gasteiger partial charge in [0.25, 0.3) is 5.91 Å². The Labute approximate surface area is 146 Å². The topological polar surface area (TPSA) is 69.4 Å². The summed E-state index contributed by atoms with van der Waals surface area (Å²) in [6, 6.07) is 4.68. The number of ketones is 1. The first kappa shape index (κ1) is 15.9. The average Bonchev–Trinajstić information content (AvgIpc) is 2.51. The van der Waals surface area contributed by atoms with Crippen LogP contribution in [0, 0.1) is 23.2 Å². The molecular weight excluding hydrogens is 326 g/mol. The van der Waals surface area contributed by atoms with Crippen LogP contribution >= 0.6 is 11.6 Å². The molecule has 4 nitrogen and oxygen atoms in total. The number of rotatable bonds is 5. The summed E-state index contributed by atoms with van der Waals surface area (Å²) in [4.78, 5) is 24.5. The zero-order valence-electron chi connectivity index (χ0n) is 13.6. The number of nitrogens with two attached hydrogens (primary N) is 1. The molecule has 1 aromatic rings. The van der Waals surface area contributed by atoms with Gasteiger partial charge in [-0.15, -0.1) is 0 Å². The molecule has 0 heterocycles. The number of primary amides is 1. The molecule has 4 fully saturated rings. The van der Waals surface area contributed by atoms with Crippen LogP contribution in [0.2, 0.25) is 5.02 Å². The van der Waals surface area contributed by atoms with E-state index in [-0.39, 0.29) is 23.4 Å². The highest BCUT2D eigenvalue weighted by atomic mass is 35.5. The van der Waals surface area contributed by atoms with E-state index in [0.717, 1.165) is 19.3 Å². The van der Waals surface area contributed by atoms with E-state index in [2.05, 4.69) is 0 Å². The van der Waals surface area contributed by atoms with Gasteiger partial charge in [-0.2, -0.15) is 0 Å². The minimum absolute atomic E-state index is 0.00716. The summed E-state index contributed by atoms with van der Waals surface area (Å²) >= 11 is 5.98. The summed E-state index contributed by atoms with van der Waals surface area (Å²) in [5.41, 5.74) is 5.44. The molecule has 0 radical (unpaired) electrons. The maximum Gasteiger partial charge on any atom is 0.252 e. The van der Waals surface area contributed by atoms with E-state index in [0.29, 0.717) is 28.5 Å². The third kappa shape index (κ3) is 2.71.